The van der Waals surface area contributed by atoms with E-state index in [4.69, 9.17) is 25.9 Å². The van der Waals surface area contributed by atoms with Gasteiger partial charge in [0.2, 0.25) is 0 Å². The predicted octanol–water partition coefficient (Wildman–Crippen LogP) is 3.15. The number of urea groups is 1. The lowest BCUT2D eigenvalue weighted by atomic mass is 10.0. The van der Waals surface area contributed by atoms with Crippen molar-refractivity contribution < 1.29 is 23.9 Å². The molecule has 0 radical (unpaired) electrons. The summed E-state index contributed by atoms with van der Waals surface area (Å²) in [7, 11) is 3.15. The molecule has 1 heterocycles. The topological polar surface area (TPSA) is 101 Å². The molecular weight excluding hydrogens is 436 g/mol. The molecule has 2 N–H and O–H groups in total. The third kappa shape index (κ3) is 5.42. The molecule has 1 unspecified atom stereocenters. The van der Waals surface area contributed by atoms with Crippen LogP contribution in [0.1, 0.15) is 25.0 Å². The molecule has 0 spiro atoms. The molecule has 32 heavy (non-hydrogen) atoms. The Hall–Kier alpha value is -3.46. The zero-order chi connectivity index (χ0) is 23.3. The predicted molar refractivity (Wildman–Crippen MR) is 120 cm³/mol. The fraction of sp³-hybridized carbons (Fsp3) is 0.318. The minimum absolute atomic E-state index is 0.261. The Bertz CT molecular complexity index is 1040. The summed E-state index contributed by atoms with van der Waals surface area (Å²) in [5, 5.41) is 8.38. The number of carbonyl (C=O) groups excluding carboxylic acids is 2. The third-order valence-corrected chi connectivity index (χ3v) is 5.17. The molecule has 0 saturated heterocycles. The molecule has 2 aromatic carbocycles. The molecule has 0 saturated carbocycles. The van der Waals surface area contributed by atoms with Crippen molar-refractivity contribution in [1.29, 1.82) is 0 Å². The summed E-state index contributed by atoms with van der Waals surface area (Å²) >= 11 is 6.41. The number of hydrogen-bond acceptors (Lipinski definition) is 6. The normalized spacial score (nSPS) is 15.2. The van der Waals surface area contributed by atoms with Crippen LogP contribution in [0.15, 0.2) is 41.5 Å². The lowest BCUT2D eigenvalue weighted by Crippen LogP contribution is -2.48. The van der Waals surface area contributed by atoms with E-state index in [1.165, 1.54) is 12.0 Å². The van der Waals surface area contributed by atoms with Gasteiger partial charge in [-0.1, -0.05) is 17.7 Å². The number of rotatable bonds is 8. The minimum atomic E-state index is -0.362. The van der Waals surface area contributed by atoms with E-state index < -0.39 is 0 Å². The Balaban J connectivity index is 1.71. The summed E-state index contributed by atoms with van der Waals surface area (Å²) in [6.07, 6.45) is 0.537. The number of hydrogen-bond donors (Lipinski definition) is 2. The molecule has 3 amide bonds. The van der Waals surface area contributed by atoms with E-state index in [-0.39, 0.29) is 18.0 Å². The molecule has 10 heteroatoms. The molecule has 170 valence electrons. The first-order valence-electron chi connectivity index (χ1n) is 9.93. The second-order valence-corrected chi connectivity index (χ2v) is 7.51. The van der Waals surface area contributed by atoms with Crippen molar-refractivity contribution in [3.8, 4) is 17.2 Å². The van der Waals surface area contributed by atoms with Crippen LogP contribution in [0.25, 0.3) is 0 Å². The maximum absolute atomic E-state index is 12.1. The highest BCUT2D eigenvalue weighted by molar-refractivity contribution is 6.32. The first kappa shape index (κ1) is 23.2. The van der Waals surface area contributed by atoms with Gasteiger partial charge in [-0.15, -0.1) is 0 Å². The molecule has 2 aromatic rings. The highest BCUT2D eigenvalue weighted by Crippen LogP contribution is 2.29. The number of carbonyl (C=O) groups is 2. The number of ether oxygens (including phenoxy) is 2. The van der Waals surface area contributed by atoms with Crippen molar-refractivity contribution in [1.82, 2.24) is 15.8 Å². The first-order valence-corrected chi connectivity index (χ1v) is 10.3. The van der Waals surface area contributed by atoms with Crippen molar-refractivity contribution in [3.63, 3.8) is 0 Å². The quantitative estimate of drug-likeness (QED) is 0.589. The van der Waals surface area contributed by atoms with Crippen LogP contribution in [-0.2, 0) is 11.2 Å². The van der Waals surface area contributed by atoms with Gasteiger partial charge < -0.3 is 19.6 Å². The zero-order valence-corrected chi connectivity index (χ0v) is 19.0. The fourth-order valence-corrected chi connectivity index (χ4v) is 3.42. The average Bonchev–Trinajstić information content (AvgIpc) is 2.77. The molecule has 9 nitrogen and oxygen atoms in total. The van der Waals surface area contributed by atoms with Crippen LogP contribution in [0.5, 0.6) is 17.2 Å². The fourth-order valence-electron chi connectivity index (χ4n) is 3.21. The number of hydroxylamine groups is 2. The third-order valence-electron chi connectivity index (χ3n) is 4.87. The molecule has 0 bridgehead atoms. The van der Waals surface area contributed by atoms with E-state index in [1.807, 2.05) is 25.1 Å². The van der Waals surface area contributed by atoms with E-state index in [2.05, 4.69) is 15.8 Å². The number of hydrazone groups is 1. The number of nitrogens with one attached hydrogen (secondary N) is 2. The number of halogens is 1. The summed E-state index contributed by atoms with van der Waals surface area (Å²) in [4.78, 5) is 29.3. The molecule has 1 atom stereocenters. The summed E-state index contributed by atoms with van der Waals surface area (Å²) < 4.78 is 10.6. The lowest BCUT2D eigenvalue weighted by molar-refractivity contribution is -0.154. The van der Waals surface area contributed by atoms with Crippen molar-refractivity contribution in [3.05, 3.63) is 52.5 Å². The van der Waals surface area contributed by atoms with E-state index in [1.54, 1.807) is 32.4 Å². The standard InChI is InChI=1S/C22H25ClN4O5/c1-13-21(25-26-22(29)24-13)16-6-8-18(17(23)12-16)32-27(14(2)28)10-9-15-5-7-19(30-3)20(11-15)31-4/h5-8,11-13H,9-10H2,1-4H3,(H2,24,26,29). The molecule has 0 aliphatic carbocycles. The average molecular weight is 461 g/mol. The van der Waals surface area contributed by atoms with E-state index in [0.717, 1.165) is 11.1 Å². The maximum Gasteiger partial charge on any atom is 0.335 e. The molecule has 3 rings (SSSR count). The van der Waals surface area contributed by atoms with Gasteiger partial charge in [-0.3, -0.25) is 4.79 Å². The number of nitrogens with zero attached hydrogens (tertiary/aromatic N) is 2. The Morgan fingerprint density at radius 1 is 1.12 bits per heavy atom. The van der Waals surface area contributed by atoms with Gasteiger partial charge in [0.05, 0.1) is 37.5 Å². The first-order chi connectivity index (χ1) is 15.3. The second kappa shape index (κ2) is 10.2. The van der Waals surface area contributed by atoms with Crippen LogP contribution in [0.3, 0.4) is 0 Å². The van der Waals surface area contributed by atoms with Crippen LogP contribution in [0.2, 0.25) is 5.02 Å². The van der Waals surface area contributed by atoms with Gasteiger partial charge in [0, 0.05) is 12.5 Å². The molecule has 0 fully saturated rings. The van der Waals surface area contributed by atoms with Crippen molar-refractivity contribution in [2.24, 2.45) is 5.10 Å². The van der Waals surface area contributed by atoms with E-state index in [0.29, 0.717) is 40.9 Å². The van der Waals surface area contributed by atoms with Gasteiger partial charge in [-0.05, 0) is 49.2 Å². The van der Waals surface area contributed by atoms with Gasteiger partial charge in [0.1, 0.15) is 0 Å². The minimum Gasteiger partial charge on any atom is -0.493 e. The molecule has 1 aliphatic heterocycles. The monoisotopic (exact) mass is 460 g/mol. The van der Waals surface area contributed by atoms with E-state index in [9.17, 15) is 9.59 Å². The Morgan fingerprint density at radius 3 is 2.47 bits per heavy atom. The van der Waals surface area contributed by atoms with Crippen LogP contribution in [0, 0.1) is 0 Å². The summed E-state index contributed by atoms with van der Waals surface area (Å²) in [6.45, 7) is 3.55. The van der Waals surface area contributed by atoms with Gasteiger partial charge in [0.25, 0.3) is 5.91 Å². The number of amides is 3. The Kier molecular flexibility index (Phi) is 7.42. The zero-order valence-electron chi connectivity index (χ0n) is 18.3. The van der Waals surface area contributed by atoms with Gasteiger partial charge in [-0.2, -0.15) is 10.2 Å². The molecular formula is C22H25ClN4O5. The van der Waals surface area contributed by atoms with Crippen molar-refractivity contribution in [2.45, 2.75) is 26.3 Å². The highest BCUT2D eigenvalue weighted by atomic mass is 35.5. The van der Waals surface area contributed by atoms with Crippen LogP contribution < -0.4 is 25.1 Å². The van der Waals surface area contributed by atoms with Crippen LogP contribution in [-0.4, -0.2) is 49.5 Å². The van der Waals surface area contributed by atoms with Gasteiger partial charge in [0.15, 0.2) is 17.2 Å². The molecule has 1 aliphatic rings. The summed E-state index contributed by atoms with van der Waals surface area (Å²) in [5.74, 6) is 1.32. The maximum atomic E-state index is 12.1. The van der Waals surface area contributed by atoms with Crippen LogP contribution >= 0.6 is 11.6 Å². The smallest absolute Gasteiger partial charge is 0.335 e. The van der Waals surface area contributed by atoms with E-state index >= 15 is 0 Å². The summed E-state index contributed by atoms with van der Waals surface area (Å²) in [5.41, 5.74) is 4.70. The van der Waals surface area contributed by atoms with Gasteiger partial charge in [-0.25, -0.2) is 10.2 Å². The Morgan fingerprint density at radius 2 is 1.84 bits per heavy atom. The number of methoxy groups -OCH3 is 2. The van der Waals surface area contributed by atoms with Crippen molar-refractivity contribution in [2.75, 3.05) is 20.8 Å². The summed E-state index contributed by atoms with van der Waals surface area (Å²) in [6, 6.07) is 10.0. The highest BCUT2D eigenvalue weighted by Gasteiger charge is 2.22. The van der Waals surface area contributed by atoms with Crippen LogP contribution in [0.4, 0.5) is 4.79 Å². The second-order valence-electron chi connectivity index (χ2n) is 7.10. The SMILES string of the molecule is COc1ccc(CCN(Oc2ccc(C3=NNC(=O)NC3C)cc2Cl)C(C)=O)cc1OC. The molecule has 0 aromatic heterocycles. The number of benzene rings is 2. The van der Waals surface area contributed by atoms with Gasteiger partial charge >= 0.3 is 6.03 Å². The largest absolute Gasteiger partial charge is 0.493 e. The Labute approximate surface area is 191 Å². The van der Waals surface area contributed by atoms with Crippen molar-refractivity contribution >= 4 is 29.3 Å². The lowest BCUT2D eigenvalue weighted by Gasteiger charge is -2.23.